The molecule has 3 saturated heterocycles. The number of nitrogens with zero attached hydrogens (tertiary/aromatic N) is 2. The van der Waals surface area contributed by atoms with Crippen LogP contribution < -0.4 is 10.6 Å². The van der Waals surface area contributed by atoms with Crippen molar-refractivity contribution in [1.82, 2.24) is 20.4 Å². The highest BCUT2D eigenvalue weighted by Gasteiger charge is 2.45. The van der Waals surface area contributed by atoms with Gasteiger partial charge in [-0.25, -0.2) is 4.79 Å². The minimum atomic E-state index is -0.756. The van der Waals surface area contributed by atoms with E-state index in [9.17, 15) is 9.59 Å². The predicted octanol–water partition coefficient (Wildman–Crippen LogP) is -0.143. The number of likely N-dealkylation sites (tertiary alicyclic amines) is 1. The third-order valence-corrected chi connectivity index (χ3v) is 5.11. The van der Waals surface area contributed by atoms with Gasteiger partial charge in [0, 0.05) is 25.7 Å². The maximum atomic E-state index is 12.1. The van der Waals surface area contributed by atoms with E-state index in [1.165, 1.54) is 4.90 Å². The number of urea groups is 1. The monoisotopic (exact) mass is 280 g/mol. The van der Waals surface area contributed by atoms with E-state index in [0.29, 0.717) is 12.6 Å². The highest BCUT2D eigenvalue weighted by Crippen LogP contribution is 2.32. The molecule has 3 fully saturated rings. The maximum Gasteiger partial charge on any atom is 0.325 e. The Kier molecular flexibility index (Phi) is 3.25. The maximum absolute atomic E-state index is 12.1. The Morgan fingerprint density at radius 1 is 1.25 bits per heavy atom. The lowest BCUT2D eigenvalue weighted by Crippen LogP contribution is -2.43. The van der Waals surface area contributed by atoms with Gasteiger partial charge in [-0.1, -0.05) is 0 Å². The minimum absolute atomic E-state index is 0.115. The van der Waals surface area contributed by atoms with Crippen LogP contribution in [0.1, 0.15) is 20.8 Å². The average molecular weight is 280 g/mol. The summed E-state index contributed by atoms with van der Waals surface area (Å²) in [6.07, 6.45) is 0. The summed E-state index contributed by atoms with van der Waals surface area (Å²) in [5, 5.41) is 6.17. The van der Waals surface area contributed by atoms with Crippen molar-refractivity contribution in [2.75, 3.05) is 32.7 Å². The van der Waals surface area contributed by atoms with E-state index in [-0.39, 0.29) is 11.9 Å². The number of fused-ring (bicyclic) bond motifs is 1. The van der Waals surface area contributed by atoms with Crippen molar-refractivity contribution >= 4 is 11.9 Å². The predicted molar refractivity (Wildman–Crippen MR) is 75.2 cm³/mol. The summed E-state index contributed by atoms with van der Waals surface area (Å²) >= 11 is 0. The fraction of sp³-hybridized carbons (Fsp3) is 0.857. The molecule has 20 heavy (non-hydrogen) atoms. The van der Waals surface area contributed by atoms with Gasteiger partial charge in [-0.05, 0) is 45.7 Å². The summed E-state index contributed by atoms with van der Waals surface area (Å²) in [4.78, 5) is 27.8. The summed E-state index contributed by atoms with van der Waals surface area (Å²) < 4.78 is 0. The number of rotatable bonds is 3. The standard InChI is InChI=1S/C14H24N4O2/c1-9-11-7-15-6-10(11)8-17(9)4-5-18-12(19)14(2,3)16-13(18)20/h9-11,15H,4-8H2,1-3H3,(H,16,20). The SMILES string of the molecule is CC1C2CNCC2CN1CCN1C(=O)NC(C)(C)C1=O. The molecule has 0 aromatic heterocycles. The molecule has 0 radical (unpaired) electrons. The Hall–Kier alpha value is -1.14. The van der Waals surface area contributed by atoms with E-state index in [1.807, 2.05) is 0 Å². The Morgan fingerprint density at radius 3 is 2.60 bits per heavy atom. The Bertz CT molecular complexity index is 437. The molecule has 3 amide bonds. The zero-order chi connectivity index (χ0) is 14.5. The molecule has 112 valence electrons. The lowest BCUT2D eigenvalue weighted by atomic mass is 9.95. The zero-order valence-electron chi connectivity index (χ0n) is 12.5. The molecule has 6 heteroatoms. The molecule has 0 aromatic carbocycles. The van der Waals surface area contributed by atoms with Gasteiger partial charge in [0.15, 0.2) is 0 Å². The van der Waals surface area contributed by atoms with Gasteiger partial charge in [0.25, 0.3) is 5.91 Å². The van der Waals surface area contributed by atoms with E-state index in [0.717, 1.165) is 38.0 Å². The number of hydrogen-bond acceptors (Lipinski definition) is 4. The van der Waals surface area contributed by atoms with E-state index in [4.69, 9.17) is 0 Å². The Morgan fingerprint density at radius 2 is 2.00 bits per heavy atom. The van der Waals surface area contributed by atoms with Crippen LogP contribution in [0.15, 0.2) is 0 Å². The van der Waals surface area contributed by atoms with Crippen LogP contribution in [0.3, 0.4) is 0 Å². The molecule has 3 atom stereocenters. The number of nitrogens with one attached hydrogen (secondary N) is 2. The second-order valence-electron chi connectivity index (χ2n) is 6.83. The molecule has 0 spiro atoms. The molecule has 3 rings (SSSR count). The number of carbonyl (C=O) groups excluding carboxylic acids is 2. The van der Waals surface area contributed by atoms with Crippen molar-refractivity contribution in [3.8, 4) is 0 Å². The Balaban J connectivity index is 1.58. The van der Waals surface area contributed by atoms with Gasteiger partial charge < -0.3 is 10.6 Å². The van der Waals surface area contributed by atoms with E-state index in [2.05, 4.69) is 22.5 Å². The van der Waals surface area contributed by atoms with Gasteiger partial charge in [0.2, 0.25) is 0 Å². The first-order valence-corrected chi connectivity index (χ1v) is 7.49. The first-order valence-electron chi connectivity index (χ1n) is 7.49. The van der Waals surface area contributed by atoms with Crippen molar-refractivity contribution in [2.45, 2.75) is 32.4 Å². The molecule has 2 N–H and O–H groups in total. The summed E-state index contributed by atoms with van der Waals surface area (Å²) in [6, 6.07) is 0.275. The third-order valence-electron chi connectivity index (χ3n) is 5.11. The second kappa shape index (κ2) is 4.70. The van der Waals surface area contributed by atoms with Gasteiger partial charge in [-0.15, -0.1) is 0 Å². The fourth-order valence-corrected chi connectivity index (χ4v) is 3.80. The van der Waals surface area contributed by atoms with Gasteiger partial charge in [0.1, 0.15) is 5.54 Å². The highest BCUT2D eigenvalue weighted by molar-refractivity contribution is 6.06. The lowest BCUT2D eigenvalue weighted by Gasteiger charge is -2.26. The van der Waals surface area contributed by atoms with Crippen molar-refractivity contribution in [1.29, 1.82) is 0 Å². The topological polar surface area (TPSA) is 64.7 Å². The van der Waals surface area contributed by atoms with Crippen LogP contribution in [-0.4, -0.2) is 66.0 Å². The van der Waals surface area contributed by atoms with Crippen molar-refractivity contribution < 1.29 is 9.59 Å². The van der Waals surface area contributed by atoms with E-state index >= 15 is 0 Å². The molecule has 3 heterocycles. The third kappa shape index (κ3) is 2.11. The molecule has 0 saturated carbocycles. The van der Waals surface area contributed by atoms with Crippen molar-refractivity contribution in [3.05, 3.63) is 0 Å². The molecule has 3 unspecified atom stereocenters. The second-order valence-corrected chi connectivity index (χ2v) is 6.83. The van der Waals surface area contributed by atoms with E-state index < -0.39 is 5.54 Å². The summed E-state index contributed by atoms with van der Waals surface area (Å²) in [6.45, 7) is 10.3. The molecule has 3 aliphatic rings. The highest BCUT2D eigenvalue weighted by atomic mass is 16.2. The Labute approximate surface area is 119 Å². The molecule has 0 aliphatic carbocycles. The number of imide groups is 1. The van der Waals surface area contributed by atoms with Crippen LogP contribution in [0.25, 0.3) is 0 Å². The molecule has 0 aromatic rings. The average Bonchev–Trinajstić information content (AvgIpc) is 2.97. The molecule has 6 nitrogen and oxygen atoms in total. The lowest BCUT2D eigenvalue weighted by molar-refractivity contribution is -0.130. The van der Waals surface area contributed by atoms with Gasteiger partial charge in [0.05, 0.1) is 0 Å². The quantitative estimate of drug-likeness (QED) is 0.706. The molecular formula is C14H24N4O2. The largest absolute Gasteiger partial charge is 0.325 e. The van der Waals surface area contributed by atoms with Gasteiger partial charge in [-0.2, -0.15) is 0 Å². The molecular weight excluding hydrogens is 256 g/mol. The smallest absolute Gasteiger partial charge is 0.324 e. The molecule has 0 bridgehead atoms. The summed E-state index contributed by atoms with van der Waals surface area (Å²) in [5.74, 6) is 1.33. The van der Waals surface area contributed by atoms with Crippen LogP contribution in [0, 0.1) is 11.8 Å². The normalized spacial score (nSPS) is 36.5. The van der Waals surface area contributed by atoms with Crippen LogP contribution in [-0.2, 0) is 4.79 Å². The zero-order valence-corrected chi connectivity index (χ0v) is 12.5. The van der Waals surface area contributed by atoms with Gasteiger partial charge >= 0.3 is 6.03 Å². The number of carbonyl (C=O) groups is 2. The first kappa shape index (κ1) is 13.8. The first-order chi connectivity index (χ1) is 9.40. The summed E-state index contributed by atoms with van der Waals surface area (Å²) in [7, 11) is 0. The van der Waals surface area contributed by atoms with Crippen LogP contribution in [0.2, 0.25) is 0 Å². The van der Waals surface area contributed by atoms with Crippen LogP contribution in [0.4, 0.5) is 4.79 Å². The molecule has 3 aliphatic heterocycles. The van der Waals surface area contributed by atoms with E-state index in [1.54, 1.807) is 13.8 Å². The van der Waals surface area contributed by atoms with Crippen LogP contribution >= 0.6 is 0 Å². The fourth-order valence-electron chi connectivity index (χ4n) is 3.80. The van der Waals surface area contributed by atoms with Crippen molar-refractivity contribution in [2.24, 2.45) is 11.8 Å². The minimum Gasteiger partial charge on any atom is -0.324 e. The number of amides is 3. The van der Waals surface area contributed by atoms with Gasteiger partial charge in [-0.3, -0.25) is 14.6 Å². The van der Waals surface area contributed by atoms with Crippen molar-refractivity contribution in [3.63, 3.8) is 0 Å². The summed E-state index contributed by atoms with van der Waals surface area (Å²) in [5.41, 5.74) is -0.756. The number of hydrogen-bond donors (Lipinski definition) is 2. The van der Waals surface area contributed by atoms with Crippen LogP contribution in [0.5, 0.6) is 0 Å².